The summed E-state index contributed by atoms with van der Waals surface area (Å²) in [6.45, 7) is 8.70. The monoisotopic (exact) mass is 164 g/mol. The number of aromatic nitrogens is 2. The molecule has 0 bridgehead atoms. The Morgan fingerprint density at radius 1 is 1.33 bits per heavy atom. The van der Waals surface area contributed by atoms with Crippen molar-refractivity contribution in [1.29, 1.82) is 0 Å². The fourth-order valence-electron chi connectivity index (χ4n) is 1.19. The summed E-state index contributed by atoms with van der Waals surface area (Å²) >= 11 is 0. The molecule has 0 aliphatic heterocycles. The lowest BCUT2D eigenvalue weighted by molar-refractivity contribution is 0.409. The lowest BCUT2D eigenvalue weighted by Gasteiger charge is -2.18. The first-order chi connectivity index (χ1) is 5.49. The van der Waals surface area contributed by atoms with Gasteiger partial charge in [0.15, 0.2) is 0 Å². The van der Waals surface area contributed by atoms with Crippen molar-refractivity contribution in [2.45, 2.75) is 34.1 Å². The van der Waals surface area contributed by atoms with Gasteiger partial charge in [-0.15, -0.1) is 0 Å². The van der Waals surface area contributed by atoms with Gasteiger partial charge in [0.1, 0.15) is 0 Å². The van der Waals surface area contributed by atoms with E-state index in [0.717, 1.165) is 12.1 Å². The Balaban J connectivity index is 2.83. The predicted octanol–water partition coefficient (Wildman–Crippen LogP) is 2.37. The number of nitrogens with zero attached hydrogens (tertiary/aromatic N) is 2. The molecule has 0 atom stereocenters. The molecule has 66 valence electrons. The van der Waals surface area contributed by atoms with Crippen molar-refractivity contribution in [3.8, 4) is 0 Å². The van der Waals surface area contributed by atoms with Crippen molar-refractivity contribution >= 4 is 0 Å². The average Bonchev–Trinajstić information content (AvgIpc) is 1.91. The molecule has 0 aliphatic rings. The van der Waals surface area contributed by atoms with Crippen molar-refractivity contribution in [1.82, 2.24) is 10.2 Å². The smallest absolute Gasteiger partial charge is 0.0632 e. The van der Waals surface area contributed by atoms with E-state index in [1.54, 1.807) is 6.20 Å². The normalized spacial score (nSPS) is 11.7. The van der Waals surface area contributed by atoms with Gasteiger partial charge in [-0.25, -0.2) is 0 Å². The highest BCUT2D eigenvalue weighted by Crippen LogP contribution is 2.20. The molecule has 0 saturated carbocycles. The minimum Gasteiger partial charge on any atom is -0.159 e. The van der Waals surface area contributed by atoms with Crippen LogP contribution in [0.3, 0.4) is 0 Å². The fourth-order valence-corrected chi connectivity index (χ4v) is 1.19. The maximum Gasteiger partial charge on any atom is 0.0632 e. The van der Waals surface area contributed by atoms with Crippen LogP contribution in [-0.4, -0.2) is 10.2 Å². The Bertz CT molecular complexity index is 261. The van der Waals surface area contributed by atoms with Crippen molar-refractivity contribution in [2.24, 2.45) is 5.41 Å². The molecule has 2 nitrogen and oxygen atoms in total. The summed E-state index contributed by atoms with van der Waals surface area (Å²) in [7, 11) is 0. The van der Waals surface area contributed by atoms with Crippen LogP contribution < -0.4 is 0 Å². The number of aryl methyl sites for hydroxylation is 1. The van der Waals surface area contributed by atoms with Gasteiger partial charge in [0.05, 0.1) is 5.69 Å². The van der Waals surface area contributed by atoms with E-state index in [9.17, 15) is 0 Å². The summed E-state index contributed by atoms with van der Waals surface area (Å²) < 4.78 is 0. The van der Waals surface area contributed by atoms with E-state index in [0.29, 0.717) is 5.41 Å². The van der Waals surface area contributed by atoms with Crippen LogP contribution in [0, 0.1) is 12.3 Å². The molecule has 0 saturated heterocycles. The predicted molar refractivity (Wildman–Crippen MR) is 49.9 cm³/mol. The number of hydrogen-bond donors (Lipinski definition) is 0. The average molecular weight is 164 g/mol. The minimum atomic E-state index is 0.327. The second-order valence-corrected chi connectivity index (χ2v) is 4.38. The van der Waals surface area contributed by atoms with Gasteiger partial charge >= 0.3 is 0 Å². The van der Waals surface area contributed by atoms with E-state index in [2.05, 4.69) is 31.0 Å². The van der Waals surface area contributed by atoms with Gasteiger partial charge in [-0.1, -0.05) is 20.8 Å². The Morgan fingerprint density at radius 3 is 2.50 bits per heavy atom. The van der Waals surface area contributed by atoms with E-state index < -0.39 is 0 Å². The lowest BCUT2D eigenvalue weighted by Crippen LogP contribution is -2.10. The molecule has 0 aromatic carbocycles. The SMILES string of the molecule is Cc1nnccc1CC(C)(C)C. The molecule has 12 heavy (non-hydrogen) atoms. The van der Waals surface area contributed by atoms with E-state index in [4.69, 9.17) is 0 Å². The molecule has 1 aromatic heterocycles. The van der Waals surface area contributed by atoms with Crippen molar-refractivity contribution in [3.63, 3.8) is 0 Å². The Labute approximate surface area is 74.0 Å². The molecular formula is C10H16N2. The molecule has 1 rings (SSSR count). The third-order valence-electron chi connectivity index (χ3n) is 1.74. The van der Waals surface area contributed by atoms with Crippen molar-refractivity contribution in [2.75, 3.05) is 0 Å². The summed E-state index contributed by atoms with van der Waals surface area (Å²) in [6, 6.07) is 2.05. The highest BCUT2D eigenvalue weighted by atomic mass is 15.1. The maximum atomic E-state index is 4.01. The molecule has 1 aromatic rings. The highest BCUT2D eigenvalue weighted by Gasteiger charge is 2.12. The molecule has 0 N–H and O–H groups in total. The third kappa shape index (κ3) is 2.61. The summed E-state index contributed by atoms with van der Waals surface area (Å²) in [5.74, 6) is 0. The van der Waals surface area contributed by atoms with Crippen LogP contribution >= 0.6 is 0 Å². The Hall–Kier alpha value is -0.920. The van der Waals surface area contributed by atoms with Crippen LogP contribution in [0.1, 0.15) is 32.0 Å². The molecule has 0 fully saturated rings. The quantitative estimate of drug-likeness (QED) is 0.637. The van der Waals surface area contributed by atoms with Crippen LogP contribution in [0.15, 0.2) is 12.3 Å². The molecule has 0 aliphatic carbocycles. The maximum absolute atomic E-state index is 4.01. The fraction of sp³-hybridized carbons (Fsp3) is 0.600. The van der Waals surface area contributed by atoms with Crippen LogP contribution in [0.25, 0.3) is 0 Å². The molecular weight excluding hydrogens is 148 g/mol. The topological polar surface area (TPSA) is 25.8 Å². The number of hydrogen-bond acceptors (Lipinski definition) is 2. The molecule has 0 amide bonds. The lowest BCUT2D eigenvalue weighted by atomic mass is 9.88. The molecule has 0 unspecified atom stereocenters. The first-order valence-electron chi connectivity index (χ1n) is 4.26. The van der Waals surface area contributed by atoms with Gasteiger partial charge in [0.25, 0.3) is 0 Å². The van der Waals surface area contributed by atoms with Gasteiger partial charge in [0, 0.05) is 6.20 Å². The zero-order valence-corrected chi connectivity index (χ0v) is 8.26. The summed E-state index contributed by atoms with van der Waals surface area (Å²) in [5.41, 5.74) is 2.68. The van der Waals surface area contributed by atoms with Gasteiger partial charge in [-0.2, -0.15) is 10.2 Å². The van der Waals surface area contributed by atoms with Crippen LogP contribution in [0.4, 0.5) is 0 Å². The highest BCUT2D eigenvalue weighted by molar-refractivity contribution is 5.16. The Kier molecular flexibility index (Phi) is 2.46. The van der Waals surface area contributed by atoms with Crippen LogP contribution in [0.2, 0.25) is 0 Å². The van der Waals surface area contributed by atoms with Crippen molar-refractivity contribution < 1.29 is 0 Å². The standard InChI is InChI=1S/C10H16N2/c1-8-9(5-6-11-12-8)7-10(2,3)4/h5-6H,7H2,1-4H3. The second-order valence-electron chi connectivity index (χ2n) is 4.38. The minimum absolute atomic E-state index is 0.327. The summed E-state index contributed by atoms with van der Waals surface area (Å²) in [6.07, 6.45) is 2.82. The second kappa shape index (κ2) is 3.21. The third-order valence-corrected chi connectivity index (χ3v) is 1.74. The van der Waals surface area contributed by atoms with Crippen LogP contribution in [-0.2, 0) is 6.42 Å². The van der Waals surface area contributed by atoms with Gasteiger partial charge in [-0.3, -0.25) is 0 Å². The van der Waals surface area contributed by atoms with Gasteiger partial charge in [-0.05, 0) is 30.4 Å². The number of rotatable bonds is 1. The van der Waals surface area contributed by atoms with E-state index in [1.165, 1.54) is 5.56 Å². The molecule has 2 heteroatoms. The molecule has 0 spiro atoms. The first-order valence-corrected chi connectivity index (χ1v) is 4.26. The van der Waals surface area contributed by atoms with Gasteiger partial charge in [0.2, 0.25) is 0 Å². The van der Waals surface area contributed by atoms with Crippen molar-refractivity contribution in [3.05, 3.63) is 23.5 Å². The van der Waals surface area contributed by atoms with E-state index >= 15 is 0 Å². The van der Waals surface area contributed by atoms with E-state index in [-0.39, 0.29) is 0 Å². The van der Waals surface area contributed by atoms with Crippen LogP contribution in [0.5, 0.6) is 0 Å². The summed E-state index contributed by atoms with van der Waals surface area (Å²) in [4.78, 5) is 0. The Morgan fingerprint density at radius 2 is 2.00 bits per heavy atom. The zero-order valence-electron chi connectivity index (χ0n) is 8.26. The van der Waals surface area contributed by atoms with E-state index in [1.807, 2.05) is 13.0 Å². The molecule has 1 heterocycles. The van der Waals surface area contributed by atoms with Gasteiger partial charge < -0.3 is 0 Å². The first kappa shape index (κ1) is 9.17. The summed E-state index contributed by atoms with van der Waals surface area (Å²) in [5, 5.41) is 7.84. The molecule has 0 radical (unpaired) electrons. The largest absolute Gasteiger partial charge is 0.159 e. The zero-order chi connectivity index (χ0) is 9.19.